The maximum absolute atomic E-state index is 12.2. The van der Waals surface area contributed by atoms with Crippen molar-refractivity contribution >= 4 is 34.8 Å². The minimum Gasteiger partial charge on any atom is -0.486 e. The molecule has 0 bridgehead atoms. The summed E-state index contributed by atoms with van der Waals surface area (Å²) in [7, 11) is 1.96. The fraction of sp³-hybridized carbons (Fsp3) is 0.278. The first-order chi connectivity index (χ1) is 12.0. The molecule has 0 aromatic heterocycles. The number of hydrogen-bond donors (Lipinski definition) is 2. The highest BCUT2D eigenvalue weighted by molar-refractivity contribution is 6.36. The van der Waals surface area contributed by atoms with E-state index < -0.39 is 0 Å². The van der Waals surface area contributed by atoms with Gasteiger partial charge in [-0.2, -0.15) is 0 Å². The van der Waals surface area contributed by atoms with Gasteiger partial charge in [-0.1, -0.05) is 23.2 Å². The van der Waals surface area contributed by atoms with Crippen LogP contribution in [0.5, 0.6) is 11.5 Å². The lowest BCUT2D eigenvalue weighted by molar-refractivity contribution is -0.885. The van der Waals surface area contributed by atoms with E-state index in [9.17, 15) is 4.79 Å². The van der Waals surface area contributed by atoms with Gasteiger partial charge in [0.2, 0.25) is 0 Å². The third-order valence-corrected chi connectivity index (χ3v) is 4.33. The Morgan fingerprint density at radius 2 is 1.88 bits per heavy atom. The van der Waals surface area contributed by atoms with Gasteiger partial charge in [0.25, 0.3) is 5.91 Å². The second-order valence-electron chi connectivity index (χ2n) is 5.96. The van der Waals surface area contributed by atoms with Crippen LogP contribution in [0.25, 0.3) is 0 Å². The number of quaternary nitrogens is 1. The van der Waals surface area contributed by atoms with Crippen LogP contribution in [0.1, 0.15) is 5.56 Å². The summed E-state index contributed by atoms with van der Waals surface area (Å²) in [5, 5.41) is 3.76. The van der Waals surface area contributed by atoms with Gasteiger partial charge in [0.15, 0.2) is 18.0 Å². The van der Waals surface area contributed by atoms with Crippen LogP contribution in [0.3, 0.4) is 0 Å². The SMILES string of the molecule is C[NH+](CC(=O)Nc1ccc(Cl)cc1Cl)Cc1ccc2c(c1)OCCO2. The number of fused-ring (bicyclic) bond motifs is 1. The second kappa shape index (κ2) is 7.95. The summed E-state index contributed by atoms with van der Waals surface area (Å²) in [6.07, 6.45) is 0. The Balaban J connectivity index is 1.56. The average molecular weight is 382 g/mol. The third-order valence-electron chi connectivity index (χ3n) is 3.78. The number of likely N-dealkylation sites (N-methyl/N-ethyl adjacent to an activating group) is 1. The van der Waals surface area contributed by atoms with Crippen LogP contribution in [0, 0.1) is 0 Å². The van der Waals surface area contributed by atoms with Crippen molar-refractivity contribution in [2.24, 2.45) is 0 Å². The van der Waals surface area contributed by atoms with Crippen molar-refractivity contribution in [1.82, 2.24) is 0 Å². The number of ether oxygens (including phenoxy) is 2. The first kappa shape index (κ1) is 17.9. The molecule has 0 radical (unpaired) electrons. The van der Waals surface area contributed by atoms with Gasteiger partial charge in [-0.15, -0.1) is 0 Å². The van der Waals surface area contributed by atoms with E-state index in [0.717, 1.165) is 22.0 Å². The molecule has 0 fully saturated rings. The van der Waals surface area contributed by atoms with Crippen LogP contribution in [0.4, 0.5) is 5.69 Å². The number of carbonyl (C=O) groups excluding carboxylic acids is 1. The van der Waals surface area contributed by atoms with Crippen molar-refractivity contribution in [1.29, 1.82) is 0 Å². The quantitative estimate of drug-likeness (QED) is 0.835. The first-order valence-corrected chi connectivity index (χ1v) is 8.71. The van der Waals surface area contributed by atoms with E-state index in [2.05, 4.69) is 5.32 Å². The summed E-state index contributed by atoms with van der Waals surface area (Å²) in [4.78, 5) is 13.3. The standard InChI is InChI=1S/C18H18Cl2N2O3/c1-22(10-12-2-5-16-17(8-12)25-7-6-24-16)11-18(23)21-15-4-3-13(19)9-14(15)20/h2-5,8-9H,6-7,10-11H2,1H3,(H,21,23)/p+1. The van der Waals surface area contributed by atoms with E-state index in [-0.39, 0.29) is 5.91 Å². The topological polar surface area (TPSA) is 52.0 Å². The van der Waals surface area contributed by atoms with Crippen LogP contribution in [-0.2, 0) is 11.3 Å². The van der Waals surface area contributed by atoms with Crippen LogP contribution in [0.15, 0.2) is 36.4 Å². The Kier molecular flexibility index (Phi) is 5.68. The van der Waals surface area contributed by atoms with Gasteiger partial charge in [-0.05, 0) is 36.4 Å². The van der Waals surface area contributed by atoms with Crippen LogP contribution in [-0.4, -0.2) is 32.7 Å². The molecule has 132 valence electrons. The minimum absolute atomic E-state index is 0.112. The molecule has 0 saturated heterocycles. The number of benzene rings is 2. The van der Waals surface area contributed by atoms with Crippen molar-refractivity contribution in [2.45, 2.75) is 6.54 Å². The van der Waals surface area contributed by atoms with Crippen LogP contribution >= 0.6 is 23.2 Å². The molecule has 2 aromatic carbocycles. The molecule has 7 heteroatoms. The number of amides is 1. The molecular formula is C18H19Cl2N2O3+. The number of rotatable bonds is 5. The lowest BCUT2D eigenvalue weighted by atomic mass is 10.2. The molecule has 1 aliphatic heterocycles. The molecule has 1 unspecified atom stereocenters. The van der Waals surface area contributed by atoms with Gasteiger partial charge in [0.05, 0.1) is 17.8 Å². The van der Waals surface area contributed by atoms with Crippen molar-refractivity contribution in [3.63, 3.8) is 0 Å². The number of halogens is 2. The van der Waals surface area contributed by atoms with E-state index >= 15 is 0 Å². The smallest absolute Gasteiger partial charge is 0.279 e. The molecule has 0 spiro atoms. The predicted molar refractivity (Wildman–Crippen MR) is 98.0 cm³/mol. The van der Waals surface area contributed by atoms with E-state index in [1.807, 2.05) is 25.2 Å². The molecular weight excluding hydrogens is 363 g/mol. The zero-order valence-electron chi connectivity index (χ0n) is 13.8. The largest absolute Gasteiger partial charge is 0.486 e. The first-order valence-electron chi connectivity index (χ1n) is 7.96. The monoisotopic (exact) mass is 381 g/mol. The van der Waals surface area contributed by atoms with Gasteiger partial charge in [-0.3, -0.25) is 4.79 Å². The summed E-state index contributed by atoms with van der Waals surface area (Å²) < 4.78 is 11.1. The average Bonchev–Trinajstić information content (AvgIpc) is 2.57. The van der Waals surface area contributed by atoms with Crippen LogP contribution < -0.4 is 19.7 Å². The molecule has 5 nitrogen and oxygen atoms in total. The summed E-state index contributed by atoms with van der Waals surface area (Å²) in [6.45, 7) is 2.14. The Labute approximate surface area is 156 Å². The van der Waals surface area contributed by atoms with E-state index in [0.29, 0.717) is 42.0 Å². The number of carbonyl (C=O) groups is 1. The van der Waals surface area contributed by atoms with Crippen molar-refractivity contribution in [3.8, 4) is 11.5 Å². The summed E-state index contributed by atoms with van der Waals surface area (Å²) in [5.41, 5.74) is 1.64. The molecule has 25 heavy (non-hydrogen) atoms. The van der Waals surface area contributed by atoms with E-state index in [1.54, 1.807) is 18.2 Å². The molecule has 1 heterocycles. The highest BCUT2D eigenvalue weighted by Gasteiger charge is 2.16. The molecule has 2 aromatic rings. The Bertz CT molecular complexity index is 783. The fourth-order valence-electron chi connectivity index (χ4n) is 2.67. The molecule has 2 N–H and O–H groups in total. The van der Waals surface area contributed by atoms with Gasteiger partial charge in [0.1, 0.15) is 19.8 Å². The Morgan fingerprint density at radius 1 is 1.12 bits per heavy atom. The normalized spacial score (nSPS) is 14.0. The number of hydrogen-bond acceptors (Lipinski definition) is 3. The lowest BCUT2D eigenvalue weighted by Crippen LogP contribution is -3.08. The molecule has 0 saturated carbocycles. The molecule has 3 rings (SSSR count). The van der Waals surface area contributed by atoms with Gasteiger partial charge in [0, 0.05) is 10.6 Å². The van der Waals surface area contributed by atoms with Crippen molar-refractivity contribution in [2.75, 3.05) is 32.1 Å². The van der Waals surface area contributed by atoms with Gasteiger partial charge in [-0.25, -0.2) is 0 Å². The van der Waals surface area contributed by atoms with Gasteiger partial charge >= 0.3 is 0 Å². The zero-order chi connectivity index (χ0) is 17.8. The fourth-order valence-corrected chi connectivity index (χ4v) is 3.12. The summed E-state index contributed by atoms with van der Waals surface area (Å²) in [5.74, 6) is 1.41. The van der Waals surface area contributed by atoms with Crippen molar-refractivity contribution in [3.05, 3.63) is 52.0 Å². The van der Waals surface area contributed by atoms with Crippen molar-refractivity contribution < 1.29 is 19.2 Å². The molecule has 1 amide bonds. The van der Waals surface area contributed by atoms with Gasteiger partial charge < -0.3 is 19.7 Å². The summed E-state index contributed by atoms with van der Waals surface area (Å²) in [6, 6.07) is 10.8. The van der Waals surface area contributed by atoms with E-state index in [1.165, 1.54) is 0 Å². The maximum atomic E-state index is 12.2. The molecule has 1 aliphatic rings. The minimum atomic E-state index is -0.112. The number of nitrogens with one attached hydrogen (secondary N) is 2. The molecule has 1 atom stereocenters. The predicted octanol–water partition coefficient (Wildman–Crippen LogP) is 2.42. The Hall–Kier alpha value is -1.95. The Morgan fingerprint density at radius 3 is 2.64 bits per heavy atom. The lowest BCUT2D eigenvalue weighted by Gasteiger charge is -2.20. The van der Waals surface area contributed by atoms with Crippen LogP contribution in [0.2, 0.25) is 10.0 Å². The maximum Gasteiger partial charge on any atom is 0.279 e. The second-order valence-corrected chi connectivity index (χ2v) is 6.80. The van der Waals surface area contributed by atoms with E-state index in [4.69, 9.17) is 32.7 Å². The molecule has 0 aliphatic carbocycles. The highest BCUT2D eigenvalue weighted by atomic mass is 35.5. The number of anilines is 1. The highest BCUT2D eigenvalue weighted by Crippen LogP contribution is 2.30. The summed E-state index contributed by atoms with van der Waals surface area (Å²) >= 11 is 11.9. The third kappa shape index (κ3) is 4.78. The zero-order valence-corrected chi connectivity index (χ0v) is 15.3.